The molecule has 88 valence electrons. The third-order valence-electron chi connectivity index (χ3n) is 2.39. The molecule has 4 heteroatoms. The van der Waals surface area contributed by atoms with E-state index in [-0.39, 0.29) is 11.5 Å². The lowest BCUT2D eigenvalue weighted by Crippen LogP contribution is -2.00. The van der Waals surface area contributed by atoms with Gasteiger partial charge in [-0.15, -0.1) is 0 Å². The zero-order valence-corrected chi connectivity index (χ0v) is 10.2. The summed E-state index contributed by atoms with van der Waals surface area (Å²) in [5.74, 6) is 1.36. The van der Waals surface area contributed by atoms with Gasteiger partial charge in [0.2, 0.25) is 5.78 Å². The molecule has 0 aliphatic rings. The van der Waals surface area contributed by atoms with E-state index in [0.29, 0.717) is 22.1 Å². The van der Waals surface area contributed by atoms with E-state index in [0.717, 1.165) is 0 Å². The van der Waals surface area contributed by atoms with Crippen molar-refractivity contribution < 1.29 is 13.9 Å². The van der Waals surface area contributed by atoms with Crippen molar-refractivity contribution in [3.05, 3.63) is 52.4 Å². The molecule has 1 aromatic heterocycles. The highest BCUT2D eigenvalue weighted by atomic mass is 35.5. The lowest BCUT2D eigenvalue weighted by atomic mass is 10.1. The molecule has 0 N–H and O–H groups in total. The van der Waals surface area contributed by atoms with E-state index in [4.69, 9.17) is 20.8 Å². The minimum Gasteiger partial charge on any atom is -0.497 e. The van der Waals surface area contributed by atoms with Gasteiger partial charge in [0.25, 0.3) is 0 Å². The average Bonchev–Trinajstić information content (AvgIpc) is 2.75. The lowest BCUT2D eigenvalue weighted by molar-refractivity contribution is 0.101. The Morgan fingerprint density at radius 2 is 2.06 bits per heavy atom. The van der Waals surface area contributed by atoms with Crippen molar-refractivity contribution >= 4 is 17.4 Å². The maximum atomic E-state index is 12.1. The monoisotopic (exact) mass is 250 g/mol. The van der Waals surface area contributed by atoms with Crippen LogP contribution in [0.4, 0.5) is 0 Å². The summed E-state index contributed by atoms with van der Waals surface area (Å²) in [4.78, 5) is 12.1. The molecule has 0 radical (unpaired) electrons. The molecule has 0 aliphatic heterocycles. The van der Waals surface area contributed by atoms with Crippen molar-refractivity contribution in [2.24, 2.45) is 0 Å². The molecule has 0 saturated heterocycles. The van der Waals surface area contributed by atoms with Crippen LogP contribution in [0.25, 0.3) is 0 Å². The second kappa shape index (κ2) is 4.63. The summed E-state index contributed by atoms with van der Waals surface area (Å²) in [6, 6.07) is 8.30. The first-order valence-electron chi connectivity index (χ1n) is 5.06. The Labute approximate surface area is 104 Å². The molecule has 3 nitrogen and oxygen atoms in total. The molecule has 2 rings (SSSR count). The minimum atomic E-state index is -0.231. The molecule has 1 aromatic carbocycles. The van der Waals surface area contributed by atoms with Gasteiger partial charge in [-0.3, -0.25) is 4.79 Å². The number of carbonyl (C=O) groups is 1. The SMILES string of the molecule is COc1ccc(C(=O)c2ccc(C)o2)c(Cl)c1. The van der Waals surface area contributed by atoms with E-state index >= 15 is 0 Å². The predicted molar refractivity (Wildman–Crippen MR) is 64.9 cm³/mol. The van der Waals surface area contributed by atoms with Crippen LogP contribution in [0.1, 0.15) is 21.9 Å². The van der Waals surface area contributed by atoms with Crippen LogP contribution in [0.5, 0.6) is 5.75 Å². The molecule has 0 atom stereocenters. The van der Waals surface area contributed by atoms with E-state index in [1.807, 2.05) is 0 Å². The Balaban J connectivity index is 2.37. The van der Waals surface area contributed by atoms with Crippen molar-refractivity contribution in [3.63, 3.8) is 0 Å². The molecule has 0 unspecified atom stereocenters. The molecule has 2 aromatic rings. The van der Waals surface area contributed by atoms with E-state index in [9.17, 15) is 4.79 Å². The van der Waals surface area contributed by atoms with Gasteiger partial charge >= 0.3 is 0 Å². The van der Waals surface area contributed by atoms with E-state index in [1.165, 1.54) is 0 Å². The maximum absolute atomic E-state index is 12.1. The molecular formula is C13H11ClO3. The number of furan rings is 1. The molecule has 0 saturated carbocycles. The van der Waals surface area contributed by atoms with Gasteiger partial charge in [0.05, 0.1) is 12.1 Å². The van der Waals surface area contributed by atoms with Crippen LogP contribution < -0.4 is 4.74 Å². The maximum Gasteiger partial charge on any atom is 0.229 e. The molecule has 0 fully saturated rings. The fraction of sp³-hybridized carbons (Fsp3) is 0.154. The zero-order chi connectivity index (χ0) is 12.4. The third-order valence-corrected chi connectivity index (χ3v) is 2.70. The number of methoxy groups -OCH3 is 1. The highest BCUT2D eigenvalue weighted by Crippen LogP contribution is 2.25. The van der Waals surface area contributed by atoms with E-state index in [1.54, 1.807) is 44.4 Å². The summed E-state index contributed by atoms with van der Waals surface area (Å²) >= 11 is 6.02. The normalized spacial score (nSPS) is 10.3. The molecule has 0 aliphatic carbocycles. The van der Waals surface area contributed by atoms with Crippen LogP contribution in [0, 0.1) is 6.92 Å². The zero-order valence-electron chi connectivity index (χ0n) is 9.49. The largest absolute Gasteiger partial charge is 0.497 e. The first-order chi connectivity index (χ1) is 8.11. The van der Waals surface area contributed by atoms with Crippen molar-refractivity contribution in [1.29, 1.82) is 0 Å². The topological polar surface area (TPSA) is 39.4 Å². The van der Waals surface area contributed by atoms with Crippen LogP contribution in [-0.2, 0) is 0 Å². The number of ether oxygens (including phenoxy) is 1. The number of carbonyl (C=O) groups excluding carboxylic acids is 1. The number of rotatable bonds is 3. The van der Waals surface area contributed by atoms with Crippen LogP contribution in [0.3, 0.4) is 0 Å². The Morgan fingerprint density at radius 1 is 1.29 bits per heavy atom. The summed E-state index contributed by atoms with van der Waals surface area (Å²) in [6.07, 6.45) is 0. The number of aryl methyl sites for hydroxylation is 1. The smallest absolute Gasteiger partial charge is 0.229 e. The Morgan fingerprint density at radius 3 is 2.59 bits per heavy atom. The summed E-state index contributed by atoms with van der Waals surface area (Å²) in [6.45, 7) is 1.78. The van der Waals surface area contributed by atoms with Crippen LogP contribution >= 0.6 is 11.6 Å². The summed E-state index contributed by atoms with van der Waals surface area (Å²) in [5, 5.41) is 0.350. The fourth-order valence-electron chi connectivity index (χ4n) is 1.50. The molecular weight excluding hydrogens is 240 g/mol. The second-order valence-corrected chi connectivity index (χ2v) is 3.99. The number of hydrogen-bond acceptors (Lipinski definition) is 3. The van der Waals surface area contributed by atoms with Gasteiger partial charge in [0, 0.05) is 5.56 Å². The lowest BCUT2D eigenvalue weighted by Gasteiger charge is -2.04. The van der Waals surface area contributed by atoms with Gasteiger partial charge in [0.15, 0.2) is 5.76 Å². The van der Waals surface area contributed by atoms with Crippen molar-refractivity contribution in [2.45, 2.75) is 6.92 Å². The van der Waals surface area contributed by atoms with E-state index < -0.39 is 0 Å². The predicted octanol–water partition coefficient (Wildman–Crippen LogP) is 3.48. The van der Waals surface area contributed by atoms with Crippen molar-refractivity contribution in [1.82, 2.24) is 0 Å². The summed E-state index contributed by atoms with van der Waals surface area (Å²) < 4.78 is 10.3. The molecule has 0 amide bonds. The standard InChI is InChI=1S/C13H11ClO3/c1-8-3-6-12(17-8)13(15)10-5-4-9(16-2)7-11(10)14/h3-7H,1-2H3. The fourth-order valence-corrected chi connectivity index (χ4v) is 1.75. The van der Waals surface area contributed by atoms with Crippen LogP contribution in [0.15, 0.2) is 34.7 Å². The van der Waals surface area contributed by atoms with Gasteiger partial charge in [-0.05, 0) is 37.3 Å². The Bertz CT molecular complexity index is 558. The highest BCUT2D eigenvalue weighted by Gasteiger charge is 2.16. The quantitative estimate of drug-likeness (QED) is 0.783. The Hall–Kier alpha value is -1.74. The second-order valence-electron chi connectivity index (χ2n) is 3.59. The number of hydrogen-bond donors (Lipinski definition) is 0. The summed E-state index contributed by atoms with van der Waals surface area (Å²) in [7, 11) is 1.54. The van der Waals surface area contributed by atoms with Gasteiger partial charge in [0.1, 0.15) is 11.5 Å². The highest BCUT2D eigenvalue weighted by molar-refractivity contribution is 6.35. The first kappa shape index (κ1) is 11.7. The van der Waals surface area contributed by atoms with Gasteiger partial charge in [-0.25, -0.2) is 0 Å². The van der Waals surface area contributed by atoms with Crippen LogP contribution in [-0.4, -0.2) is 12.9 Å². The molecule has 1 heterocycles. The number of halogens is 1. The van der Waals surface area contributed by atoms with Crippen molar-refractivity contribution in [2.75, 3.05) is 7.11 Å². The van der Waals surface area contributed by atoms with Gasteiger partial charge in [-0.2, -0.15) is 0 Å². The van der Waals surface area contributed by atoms with Gasteiger partial charge < -0.3 is 9.15 Å². The first-order valence-corrected chi connectivity index (χ1v) is 5.44. The average molecular weight is 251 g/mol. The molecule has 0 spiro atoms. The number of benzene rings is 1. The van der Waals surface area contributed by atoms with Crippen molar-refractivity contribution in [3.8, 4) is 5.75 Å². The number of ketones is 1. The minimum absolute atomic E-state index is 0.231. The van der Waals surface area contributed by atoms with Crippen LogP contribution in [0.2, 0.25) is 5.02 Å². The molecule has 17 heavy (non-hydrogen) atoms. The van der Waals surface area contributed by atoms with Gasteiger partial charge in [-0.1, -0.05) is 11.6 Å². The van der Waals surface area contributed by atoms with E-state index in [2.05, 4.69) is 0 Å². The molecule has 0 bridgehead atoms. The summed E-state index contributed by atoms with van der Waals surface area (Å²) in [5.41, 5.74) is 0.404. The Kier molecular flexibility index (Phi) is 3.20. The third kappa shape index (κ3) is 2.34.